The minimum Gasteiger partial charge on any atom is -0.383 e. The largest absolute Gasteiger partial charge is 0.383 e. The van der Waals surface area contributed by atoms with Crippen molar-refractivity contribution >= 4 is 29.4 Å². The van der Waals surface area contributed by atoms with Gasteiger partial charge in [0, 0.05) is 37.2 Å². The van der Waals surface area contributed by atoms with Gasteiger partial charge in [-0.1, -0.05) is 48.0 Å². The molecule has 0 bridgehead atoms. The molecule has 2 heterocycles. The van der Waals surface area contributed by atoms with Crippen molar-refractivity contribution in [2.24, 2.45) is 5.92 Å². The summed E-state index contributed by atoms with van der Waals surface area (Å²) in [6.07, 6.45) is 1.51. The smallest absolute Gasteiger partial charge is 0.325 e. The van der Waals surface area contributed by atoms with E-state index in [1.807, 2.05) is 54.3 Å². The van der Waals surface area contributed by atoms with E-state index in [1.54, 1.807) is 6.07 Å². The van der Waals surface area contributed by atoms with Crippen molar-refractivity contribution in [2.75, 3.05) is 33.4 Å². The summed E-state index contributed by atoms with van der Waals surface area (Å²) in [6, 6.07) is 14.5. The van der Waals surface area contributed by atoms with E-state index in [0.29, 0.717) is 42.9 Å². The molecule has 1 N–H and O–H groups in total. The van der Waals surface area contributed by atoms with Crippen LogP contribution < -0.4 is 5.32 Å². The highest BCUT2D eigenvalue weighted by Crippen LogP contribution is 2.38. The predicted octanol–water partition coefficient (Wildman–Crippen LogP) is 3.68. The molecular formula is C26H30ClN3O4. The number of nitrogens with zero attached hydrogens (tertiary/aromatic N) is 2. The van der Waals surface area contributed by atoms with Crippen molar-refractivity contribution < 1.29 is 19.1 Å². The molecule has 7 nitrogen and oxygen atoms in total. The summed E-state index contributed by atoms with van der Waals surface area (Å²) in [6.45, 7) is 3.42. The van der Waals surface area contributed by atoms with Crippen LogP contribution in [0.15, 0.2) is 48.5 Å². The fraction of sp³-hybridized carbons (Fsp3) is 0.423. The van der Waals surface area contributed by atoms with Gasteiger partial charge in [-0.05, 0) is 48.9 Å². The normalized spacial score (nSPS) is 21.1. The summed E-state index contributed by atoms with van der Waals surface area (Å²) >= 11 is 6.44. The molecule has 0 radical (unpaired) electrons. The Morgan fingerprint density at radius 3 is 2.47 bits per heavy atom. The number of hydrogen-bond donors (Lipinski definition) is 1. The van der Waals surface area contributed by atoms with Crippen LogP contribution in [-0.4, -0.2) is 66.5 Å². The number of amides is 4. The highest BCUT2D eigenvalue weighted by Gasteiger charge is 2.56. The van der Waals surface area contributed by atoms with Crippen molar-refractivity contribution in [1.29, 1.82) is 0 Å². The quantitative estimate of drug-likeness (QED) is 0.609. The van der Waals surface area contributed by atoms with Crippen LogP contribution in [0.5, 0.6) is 0 Å². The Bertz CT molecular complexity index is 1080. The topological polar surface area (TPSA) is 79.0 Å². The van der Waals surface area contributed by atoms with E-state index in [2.05, 4.69) is 5.32 Å². The molecule has 0 aliphatic carbocycles. The van der Waals surface area contributed by atoms with Gasteiger partial charge in [0.2, 0.25) is 0 Å². The number of carbonyl (C=O) groups is 3. The Balaban J connectivity index is 1.58. The maximum absolute atomic E-state index is 13.7. The number of benzene rings is 2. The van der Waals surface area contributed by atoms with Crippen molar-refractivity contribution in [3.05, 3.63) is 70.2 Å². The Kier molecular flexibility index (Phi) is 7.24. The van der Waals surface area contributed by atoms with Gasteiger partial charge in [-0.2, -0.15) is 0 Å². The van der Waals surface area contributed by atoms with E-state index in [0.717, 1.165) is 11.1 Å². The van der Waals surface area contributed by atoms with Crippen LogP contribution in [0.2, 0.25) is 5.02 Å². The van der Waals surface area contributed by atoms with Gasteiger partial charge in [-0.15, -0.1) is 0 Å². The van der Waals surface area contributed by atoms with E-state index < -0.39 is 11.6 Å². The van der Waals surface area contributed by atoms with Crippen LogP contribution in [-0.2, 0) is 16.0 Å². The molecule has 0 saturated carbocycles. The zero-order valence-electron chi connectivity index (χ0n) is 19.6. The third-order valence-corrected chi connectivity index (χ3v) is 7.37. The molecule has 1 atom stereocenters. The molecule has 34 heavy (non-hydrogen) atoms. The standard InChI is InChI=1S/C26H30ClN3O4/c1-18-7-3-5-9-21(18)23(31)29-13-11-20(12-14-29)26(17-19-8-4-6-10-22(19)27)24(32)30(15-16-34-2)25(33)28-26/h3-10,20H,11-17H2,1-2H3,(H,28,33). The lowest BCUT2D eigenvalue weighted by Gasteiger charge is -2.41. The molecule has 0 spiro atoms. The second kappa shape index (κ2) is 10.2. The van der Waals surface area contributed by atoms with Crippen molar-refractivity contribution in [3.8, 4) is 0 Å². The summed E-state index contributed by atoms with van der Waals surface area (Å²) < 4.78 is 5.10. The molecule has 2 aromatic rings. The number of nitrogens with one attached hydrogen (secondary N) is 1. The lowest BCUT2D eigenvalue weighted by atomic mass is 9.73. The molecule has 8 heteroatoms. The van der Waals surface area contributed by atoms with Gasteiger partial charge in [0.15, 0.2) is 0 Å². The average molecular weight is 484 g/mol. The van der Waals surface area contributed by atoms with Crippen LogP contribution >= 0.6 is 11.6 Å². The summed E-state index contributed by atoms with van der Waals surface area (Å²) in [7, 11) is 1.54. The molecule has 1 unspecified atom stereocenters. The van der Waals surface area contributed by atoms with E-state index in [4.69, 9.17) is 16.3 Å². The maximum atomic E-state index is 13.7. The number of methoxy groups -OCH3 is 1. The minimum atomic E-state index is -1.10. The number of hydrogen-bond acceptors (Lipinski definition) is 4. The number of aryl methyl sites for hydroxylation is 1. The summed E-state index contributed by atoms with van der Waals surface area (Å²) in [4.78, 5) is 42.7. The Labute approximate surface area is 205 Å². The summed E-state index contributed by atoms with van der Waals surface area (Å²) in [5.41, 5.74) is 1.34. The highest BCUT2D eigenvalue weighted by molar-refractivity contribution is 6.31. The average Bonchev–Trinajstić information content (AvgIpc) is 3.08. The van der Waals surface area contributed by atoms with Gasteiger partial charge in [0.05, 0.1) is 13.2 Å². The van der Waals surface area contributed by atoms with Crippen molar-refractivity contribution in [3.63, 3.8) is 0 Å². The van der Waals surface area contributed by atoms with Gasteiger partial charge in [0.1, 0.15) is 5.54 Å². The van der Waals surface area contributed by atoms with Crippen LogP contribution in [0.4, 0.5) is 4.79 Å². The Morgan fingerprint density at radius 2 is 1.79 bits per heavy atom. The van der Waals surface area contributed by atoms with Gasteiger partial charge in [-0.3, -0.25) is 14.5 Å². The van der Waals surface area contributed by atoms with Gasteiger partial charge >= 0.3 is 6.03 Å². The predicted molar refractivity (Wildman–Crippen MR) is 130 cm³/mol. The second-order valence-corrected chi connectivity index (χ2v) is 9.41. The van der Waals surface area contributed by atoms with Crippen LogP contribution in [0.1, 0.15) is 34.3 Å². The fourth-order valence-electron chi connectivity index (χ4n) is 5.07. The molecule has 2 fully saturated rings. The fourth-order valence-corrected chi connectivity index (χ4v) is 5.27. The first-order chi connectivity index (χ1) is 16.4. The molecular weight excluding hydrogens is 454 g/mol. The Hall–Kier alpha value is -2.90. The maximum Gasteiger partial charge on any atom is 0.325 e. The Morgan fingerprint density at radius 1 is 1.12 bits per heavy atom. The molecule has 2 aliphatic rings. The molecule has 2 aliphatic heterocycles. The molecule has 4 rings (SSSR count). The lowest BCUT2D eigenvalue weighted by Crippen LogP contribution is -2.58. The van der Waals surface area contributed by atoms with E-state index in [9.17, 15) is 14.4 Å². The third kappa shape index (κ3) is 4.55. The zero-order chi connectivity index (χ0) is 24.3. The molecule has 180 valence electrons. The van der Waals surface area contributed by atoms with Gasteiger partial charge < -0.3 is 15.0 Å². The van der Waals surface area contributed by atoms with Crippen molar-refractivity contribution in [2.45, 2.75) is 31.7 Å². The minimum absolute atomic E-state index is 0.000193. The van der Waals surface area contributed by atoms with Crippen LogP contribution in [0.25, 0.3) is 0 Å². The van der Waals surface area contributed by atoms with E-state index >= 15 is 0 Å². The molecule has 4 amide bonds. The highest BCUT2D eigenvalue weighted by atomic mass is 35.5. The lowest BCUT2D eigenvalue weighted by molar-refractivity contribution is -0.134. The first-order valence-electron chi connectivity index (χ1n) is 11.6. The van der Waals surface area contributed by atoms with Gasteiger partial charge in [0.25, 0.3) is 11.8 Å². The van der Waals surface area contributed by atoms with Crippen molar-refractivity contribution in [1.82, 2.24) is 15.1 Å². The van der Waals surface area contributed by atoms with Crippen LogP contribution in [0.3, 0.4) is 0 Å². The monoisotopic (exact) mass is 483 g/mol. The number of piperidine rings is 1. The SMILES string of the molecule is COCCN1C(=O)NC(Cc2ccccc2Cl)(C2CCN(C(=O)c3ccccc3C)CC2)C1=O. The third-order valence-electron chi connectivity index (χ3n) is 7.00. The number of rotatable bonds is 7. The zero-order valence-corrected chi connectivity index (χ0v) is 20.3. The second-order valence-electron chi connectivity index (χ2n) is 9.00. The first-order valence-corrected chi connectivity index (χ1v) is 12.0. The summed E-state index contributed by atoms with van der Waals surface area (Å²) in [5, 5.41) is 3.59. The number of likely N-dealkylation sites (tertiary alicyclic amines) is 1. The summed E-state index contributed by atoms with van der Waals surface area (Å²) in [5.74, 6) is -0.382. The number of carbonyl (C=O) groups excluding carboxylic acids is 3. The van der Waals surface area contributed by atoms with Gasteiger partial charge in [-0.25, -0.2) is 4.79 Å². The molecule has 2 saturated heterocycles. The number of imide groups is 1. The van der Waals surface area contributed by atoms with E-state index in [-0.39, 0.29) is 30.9 Å². The van der Waals surface area contributed by atoms with Crippen LogP contribution in [0, 0.1) is 12.8 Å². The number of halogens is 1. The van der Waals surface area contributed by atoms with E-state index in [1.165, 1.54) is 12.0 Å². The first kappa shape index (κ1) is 24.2. The molecule has 2 aromatic carbocycles. The number of urea groups is 1. The number of ether oxygens (including phenoxy) is 1. The molecule has 0 aromatic heterocycles.